The third-order valence-corrected chi connectivity index (χ3v) is 5.32. The Morgan fingerprint density at radius 2 is 1.54 bits per heavy atom. The highest BCUT2D eigenvalue weighted by Gasteiger charge is 2.22. The molecule has 2 aliphatic heterocycles. The van der Waals surface area contributed by atoms with E-state index in [0.29, 0.717) is 12.6 Å². The number of amides is 1. The van der Waals surface area contributed by atoms with Gasteiger partial charge in [-0.2, -0.15) is 0 Å². The van der Waals surface area contributed by atoms with Crippen LogP contribution >= 0.6 is 0 Å². The molecule has 4 nitrogen and oxygen atoms in total. The molecular weight excluding hydrogens is 298 g/mol. The zero-order valence-electron chi connectivity index (χ0n) is 14.8. The van der Waals surface area contributed by atoms with Crippen molar-refractivity contribution >= 4 is 5.91 Å². The Morgan fingerprint density at radius 3 is 2.21 bits per heavy atom. The molecular formula is C20H31N3O. The molecule has 24 heavy (non-hydrogen) atoms. The first-order chi connectivity index (χ1) is 11.8. The van der Waals surface area contributed by atoms with Gasteiger partial charge in [-0.1, -0.05) is 43.2 Å². The Morgan fingerprint density at radius 1 is 0.917 bits per heavy atom. The third-order valence-electron chi connectivity index (χ3n) is 5.32. The van der Waals surface area contributed by atoms with E-state index in [1.54, 1.807) is 0 Å². The van der Waals surface area contributed by atoms with Crippen LogP contribution in [0, 0.1) is 0 Å². The Balaban J connectivity index is 1.60. The fourth-order valence-corrected chi connectivity index (χ4v) is 3.95. The van der Waals surface area contributed by atoms with Crippen LogP contribution in [0.5, 0.6) is 0 Å². The molecule has 1 atom stereocenters. The summed E-state index contributed by atoms with van der Waals surface area (Å²) in [6.07, 6.45) is 7.66. The zero-order chi connectivity index (χ0) is 16.6. The van der Waals surface area contributed by atoms with Crippen molar-refractivity contribution in [1.82, 2.24) is 15.1 Å². The number of hydrogen-bond donors (Lipinski definition) is 1. The van der Waals surface area contributed by atoms with Gasteiger partial charge in [-0.05, 0) is 57.4 Å². The summed E-state index contributed by atoms with van der Waals surface area (Å²) in [6.45, 7) is 5.70. The van der Waals surface area contributed by atoms with Crippen LogP contribution in [0.25, 0.3) is 0 Å². The van der Waals surface area contributed by atoms with Crippen molar-refractivity contribution in [2.75, 3.05) is 39.3 Å². The first-order valence-corrected chi connectivity index (χ1v) is 9.61. The average Bonchev–Trinajstić information content (AvgIpc) is 2.96. The Bertz CT molecular complexity index is 491. The summed E-state index contributed by atoms with van der Waals surface area (Å²) in [7, 11) is 0. The lowest BCUT2D eigenvalue weighted by atomic mass is 10.0. The van der Waals surface area contributed by atoms with Crippen LogP contribution in [0.3, 0.4) is 0 Å². The molecule has 1 unspecified atom stereocenters. The normalized spacial score (nSPS) is 21.3. The topological polar surface area (TPSA) is 35.6 Å². The van der Waals surface area contributed by atoms with Crippen LogP contribution in [-0.4, -0.2) is 55.0 Å². The van der Waals surface area contributed by atoms with Gasteiger partial charge in [0.1, 0.15) is 0 Å². The molecule has 2 aliphatic rings. The highest BCUT2D eigenvalue weighted by molar-refractivity contribution is 5.78. The number of nitrogens with zero attached hydrogens (tertiary/aromatic N) is 2. The van der Waals surface area contributed by atoms with Crippen LogP contribution < -0.4 is 5.32 Å². The standard InChI is InChI=1S/C20H31N3O/c24-20(17-22-12-8-9-13-22)21-16-19(18-10-4-3-5-11-18)23-14-6-1-2-7-15-23/h3-5,10-11,19H,1-2,6-9,12-17H2,(H,21,24). The molecule has 2 saturated heterocycles. The summed E-state index contributed by atoms with van der Waals surface area (Å²) in [4.78, 5) is 17.1. The van der Waals surface area contributed by atoms with Crippen LogP contribution in [0.2, 0.25) is 0 Å². The molecule has 132 valence electrons. The minimum absolute atomic E-state index is 0.174. The molecule has 3 rings (SSSR count). The highest BCUT2D eigenvalue weighted by Crippen LogP contribution is 2.23. The summed E-state index contributed by atoms with van der Waals surface area (Å²) < 4.78 is 0. The Kier molecular flexibility index (Phi) is 6.67. The fraction of sp³-hybridized carbons (Fsp3) is 0.650. The number of benzene rings is 1. The minimum Gasteiger partial charge on any atom is -0.353 e. The maximum atomic E-state index is 12.3. The lowest BCUT2D eigenvalue weighted by Gasteiger charge is -2.31. The van der Waals surface area contributed by atoms with Crippen molar-refractivity contribution in [3.05, 3.63) is 35.9 Å². The quantitative estimate of drug-likeness (QED) is 0.872. The lowest BCUT2D eigenvalue weighted by molar-refractivity contribution is -0.122. The first-order valence-electron chi connectivity index (χ1n) is 9.61. The number of carbonyl (C=O) groups excluding carboxylic acids is 1. The second-order valence-electron chi connectivity index (χ2n) is 7.16. The monoisotopic (exact) mass is 329 g/mol. The zero-order valence-corrected chi connectivity index (χ0v) is 14.8. The highest BCUT2D eigenvalue weighted by atomic mass is 16.2. The van der Waals surface area contributed by atoms with Gasteiger partial charge in [-0.3, -0.25) is 14.6 Å². The second kappa shape index (κ2) is 9.19. The molecule has 1 N–H and O–H groups in total. The summed E-state index contributed by atoms with van der Waals surface area (Å²) in [5.74, 6) is 0.174. The predicted molar refractivity (Wildman–Crippen MR) is 97.9 cm³/mol. The summed E-state index contributed by atoms with van der Waals surface area (Å²) in [5.41, 5.74) is 1.32. The number of nitrogens with one attached hydrogen (secondary N) is 1. The first kappa shape index (κ1) is 17.4. The third kappa shape index (κ3) is 5.05. The van der Waals surface area contributed by atoms with Crippen molar-refractivity contribution in [1.29, 1.82) is 0 Å². The summed E-state index contributed by atoms with van der Waals surface area (Å²) >= 11 is 0. The molecule has 0 spiro atoms. The van der Waals surface area contributed by atoms with Gasteiger partial charge in [-0.25, -0.2) is 0 Å². The van der Waals surface area contributed by atoms with E-state index in [0.717, 1.165) is 32.7 Å². The van der Waals surface area contributed by atoms with Crippen molar-refractivity contribution in [2.45, 2.75) is 44.6 Å². The van der Waals surface area contributed by atoms with Gasteiger partial charge in [-0.15, -0.1) is 0 Å². The van der Waals surface area contributed by atoms with Gasteiger partial charge in [0, 0.05) is 6.54 Å². The molecule has 2 heterocycles. The molecule has 0 aliphatic carbocycles. The van der Waals surface area contributed by atoms with Crippen LogP contribution in [-0.2, 0) is 4.79 Å². The maximum Gasteiger partial charge on any atom is 0.234 e. The van der Waals surface area contributed by atoms with E-state index in [1.165, 1.54) is 44.1 Å². The van der Waals surface area contributed by atoms with Crippen molar-refractivity contribution in [3.8, 4) is 0 Å². The van der Waals surface area contributed by atoms with Crippen LogP contribution in [0.1, 0.15) is 50.1 Å². The largest absolute Gasteiger partial charge is 0.353 e. The molecule has 1 aromatic rings. The van der Waals surface area contributed by atoms with E-state index in [-0.39, 0.29) is 5.91 Å². The molecule has 0 saturated carbocycles. The molecule has 4 heteroatoms. The lowest BCUT2D eigenvalue weighted by Crippen LogP contribution is -2.42. The van der Waals surface area contributed by atoms with Gasteiger partial charge >= 0.3 is 0 Å². The summed E-state index contributed by atoms with van der Waals surface area (Å²) in [5, 5.41) is 3.20. The van der Waals surface area contributed by atoms with E-state index in [4.69, 9.17) is 0 Å². The predicted octanol–water partition coefficient (Wildman–Crippen LogP) is 2.82. The van der Waals surface area contributed by atoms with Gasteiger partial charge in [0.15, 0.2) is 0 Å². The molecule has 0 radical (unpaired) electrons. The van der Waals surface area contributed by atoms with E-state index in [9.17, 15) is 4.79 Å². The smallest absolute Gasteiger partial charge is 0.234 e. The number of rotatable bonds is 6. The molecule has 0 bridgehead atoms. The van der Waals surface area contributed by atoms with Crippen LogP contribution in [0.15, 0.2) is 30.3 Å². The number of hydrogen-bond acceptors (Lipinski definition) is 3. The van der Waals surface area contributed by atoms with E-state index in [1.807, 2.05) is 0 Å². The molecule has 1 aromatic carbocycles. The Labute approximate surface area is 146 Å². The van der Waals surface area contributed by atoms with E-state index < -0.39 is 0 Å². The Hall–Kier alpha value is -1.39. The average molecular weight is 329 g/mol. The van der Waals surface area contributed by atoms with Crippen LogP contribution in [0.4, 0.5) is 0 Å². The van der Waals surface area contributed by atoms with Crippen molar-refractivity contribution in [2.24, 2.45) is 0 Å². The van der Waals surface area contributed by atoms with Gasteiger partial charge < -0.3 is 5.32 Å². The van der Waals surface area contributed by atoms with Gasteiger partial charge in [0.25, 0.3) is 0 Å². The molecule has 0 aromatic heterocycles. The maximum absolute atomic E-state index is 12.3. The van der Waals surface area contributed by atoms with E-state index in [2.05, 4.69) is 45.4 Å². The summed E-state index contributed by atoms with van der Waals surface area (Å²) in [6, 6.07) is 11.0. The fourth-order valence-electron chi connectivity index (χ4n) is 3.95. The molecule has 2 fully saturated rings. The molecule has 1 amide bonds. The van der Waals surface area contributed by atoms with Gasteiger partial charge in [0.05, 0.1) is 12.6 Å². The van der Waals surface area contributed by atoms with E-state index >= 15 is 0 Å². The number of carbonyl (C=O) groups is 1. The van der Waals surface area contributed by atoms with Crippen molar-refractivity contribution < 1.29 is 4.79 Å². The van der Waals surface area contributed by atoms with Gasteiger partial charge in [0.2, 0.25) is 5.91 Å². The minimum atomic E-state index is 0.174. The second-order valence-corrected chi connectivity index (χ2v) is 7.16. The number of likely N-dealkylation sites (tertiary alicyclic amines) is 2. The SMILES string of the molecule is O=C(CN1CCCC1)NCC(c1ccccc1)N1CCCCCC1. The van der Waals surface area contributed by atoms with Crippen molar-refractivity contribution in [3.63, 3.8) is 0 Å².